The van der Waals surface area contributed by atoms with Gasteiger partial charge in [-0.15, -0.1) is 0 Å². The van der Waals surface area contributed by atoms with E-state index < -0.39 is 10.2 Å². The van der Waals surface area contributed by atoms with Crippen molar-refractivity contribution >= 4 is 10.2 Å². The zero-order valence-corrected chi connectivity index (χ0v) is 15.6. The molecule has 25 heavy (non-hydrogen) atoms. The highest BCUT2D eigenvalue weighted by atomic mass is 32.2. The molecular formula is C17H26N4O3S. The van der Waals surface area contributed by atoms with E-state index in [1.54, 1.807) is 0 Å². The van der Waals surface area contributed by atoms with Gasteiger partial charge in [0.05, 0.1) is 19.3 Å². The van der Waals surface area contributed by atoms with Crippen LogP contribution in [0.4, 0.5) is 0 Å². The van der Waals surface area contributed by atoms with Gasteiger partial charge in [-0.3, -0.25) is 4.90 Å². The van der Waals surface area contributed by atoms with E-state index in [4.69, 9.17) is 10.00 Å². The number of aryl methyl sites for hydroxylation is 1. The lowest BCUT2D eigenvalue weighted by molar-refractivity contribution is 0.0171. The van der Waals surface area contributed by atoms with Crippen molar-refractivity contribution in [3.63, 3.8) is 0 Å². The summed E-state index contributed by atoms with van der Waals surface area (Å²) in [7, 11) is -2.13. The van der Waals surface area contributed by atoms with Crippen molar-refractivity contribution in [1.82, 2.24) is 13.9 Å². The number of ether oxygens (including phenoxy) is 1. The highest BCUT2D eigenvalue weighted by Crippen LogP contribution is 2.22. The molecular weight excluding hydrogens is 340 g/mol. The van der Waals surface area contributed by atoms with Crippen LogP contribution in [-0.4, -0.2) is 64.1 Å². The molecule has 1 aliphatic heterocycles. The smallest absolute Gasteiger partial charge is 0.279 e. The standard InChI is InChI=1S/C17H26N4O3S/c1-15-5-3-6-16(13-15)17(21-9-11-24-12-10-21)14-19-25(22,23)20(2)8-4-7-18/h3,5-6,13,17,19H,4,8-12,14H2,1-2H3. The van der Waals surface area contributed by atoms with Crippen LogP contribution in [0.25, 0.3) is 0 Å². The third-order valence-electron chi connectivity index (χ3n) is 4.32. The number of hydrogen-bond donors (Lipinski definition) is 1. The number of nitriles is 1. The summed E-state index contributed by atoms with van der Waals surface area (Å²) in [5.41, 5.74) is 2.23. The Balaban J connectivity index is 2.12. The van der Waals surface area contributed by atoms with Crippen LogP contribution in [-0.2, 0) is 14.9 Å². The number of benzene rings is 1. The molecule has 0 radical (unpaired) electrons. The number of rotatable bonds is 8. The Hall–Kier alpha value is -1.50. The quantitative estimate of drug-likeness (QED) is 0.743. The van der Waals surface area contributed by atoms with Crippen molar-refractivity contribution in [3.8, 4) is 6.07 Å². The topological polar surface area (TPSA) is 85.7 Å². The molecule has 0 amide bonds. The molecule has 8 heteroatoms. The first-order valence-corrected chi connectivity index (χ1v) is 9.84. The number of hydrogen-bond acceptors (Lipinski definition) is 5. The first-order valence-electron chi connectivity index (χ1n) is 8.40. The lowest BCUT2D eigenvalue weighted by Gasteiger charge is -2.35. The van der Waals surface area contributed by atoms with Crippen LogP contribution in [0, 0.1) is 18.3 Å². The van der Waals surface area contributed by atoms with Crippen LogP contribution >= 0.6 is 0 Å². The summed E-state index contributed by atoms with van der Waals surface area (Å²) in [6.07, 6.45) is 0.169. The molecule has 1 N–H and O–H groups in total. The molecule has 138 valence electrons. The summed E-state index contributed by atoms with van der Waals surface area (Å²) in [6, 6.07) is 10.0. The molecule has 0 bridgehead atoms. The van der Waals surface area contributed by atoms with E-state index in [0.717, 1.165) is 24.2 Å². The maximum absolute atomic E-state index is 12.4. The van der Waals surface area contributed by atoms with E-state index in [1.807, 2.05) is 31.2 Å². The molecule has 0 aliphatic carbocycles. The van der Waals surface area contributed by atoms with Crippen molar-refractivity contribution in [2.45, 2.75) is 19.4 Å². The van der Waals surface area contributed by atoms with Gasteiger partial charge in [0.25, 0.3) is 10.2 Å². The lowest BCUT2D eigenvalue weighted by atomic mass is 10.0. The fourth-order valence-electron chi connectivity index (χ4n) is 2.85. The van der Waals surface area contributed by atoms with Crippen LogP contribution < -0.4 is 4.72 Å². The molecule has 1 saturated heterocycles. The van der Waals surface area contributed by atoms with Gasteiger partial charge in [-0.1, -0.05) is 29.8 Å². The van der Waals surface area contributed by atoms with E-state index in [0.29, 0.717) is 13.2 Å². The fraction of sp³-hybridized carbons (Fsp3) is 0.588. The predicted octanol–water partition coefficient (Wildman–Crippen LogP) is 1.05. The van der Waals surface area contributed by atoms with Crippen molar-refractivity contribution in [3.05, 3.63) is 35.4 Å². The van der Waals surface area contributed by atoms with Gasteiger partial charge in [-0.25, -0.2) is 4.72 Å². The van der Waals surface area contributed by atoms with Gasteiger partial charge in [-0.2, -0.15) is 18.0 Å². The van der Waals surface area contributed by atoms with Crippen LogP contribution in [0.1, 0.15) is 23.6 Å². The average Bonchev–Trinajstić information content (AvgIpc) is 2.60. The van der Waals surface area contributed by atoms with E-state index >= 15 is 0 Å². The minimum absolute atomic E-state index is 0.0528. The fourth-order valence-corrected chi connectivity index (χ4v) is 3.77. The minimum Gasteiger partial charge on any atom is -0.379 e. The Morgan fingerprint density at radius 2 is 2.12 bits per heavy atom. The molecule has 1 heterocycles. The summed E-state index contributed by atoms with van der Waals surface area (Å²) in [5, 5.41) is 8.63. The molecule has 1 aliphatic rings. The Kier molecular flexibility index (Phi) is 7.35. The van der Waals surface area contributed by atoms with Gasteiger partial charge in [-0.05, 0) is 12.5 Å². The summed E-state index contributed by atoms with van der Waals surface area (Å²) in [5.74, 6) is 0. The van der Waals surface area contributed by atoms with Gasteiger partial charge in [0.15, 0.2) is 0 Å². The second-order valence-corrected chi connectivity index (χ2v) is 8.02. The Morgan fingerprint density at radius 3 is 2.76 bits per heavy atom. The maximum Gasteiger partial charge on any atom is 0.279 e. The third-order valence-corrected chi connectivity index (χ3v) is 5.86. The number of nitrogens with one attached hydrogen (secondary N) is 1. The number of nitrogens with zero attached hydrogens (tertiary/aromatic N) is 3. The zero-order chi connectivity index (χ0) is 18.3. The SMILES string of the molecule is Cc1cccc(C(CNS(=O)(=O)N(C)CCC#N)N2CCOCC2)c1. The highest BCUT2D eigenvalue weighted by Gasteiger charge is 2.25. The predicted molar refractivity (Wildman–Crippen MR) is 96.1 cm³/mol. The largest absolute Gasteiger partial charge is 0.379 e. The van der Waals surface area contributed by atoms with Crippen LogP contribution in [0.15, 0.2) is 24.3 Å². The van der Waals surface area contributed by atoms with Crippen LogP contribution in [0.3, 0.4) is 0 Å². The second kappa shape index (κ2) is 9.27. The minimum atomic E-state index is -3.61. The first-order chi connectivity index (χ1) is 11.9. The van der Waals surface area contributed by atoms with Gasteiger partial charge >= 0.3 is 0 Å². The van der Waals surface area contributed by atoms with Crippen molar-refractivity contribution < 1.29 is 13.2 Å². The molecule has 7 nitrogen and oxygen atoms in total. The third kappa shape index (κ3) is 5.76. The van der Waals surface area contributed by atoms with E-state index in [2.05, 4.69) is 15.7 Å². The van der Waals surface area contributed by atoms with Crippen molar-refractivity contribution in [2.24, 2.45) is 0 Å². The summed E-state index contributed by atoms with van der Waals surface area (Å²) in [4.78, 5) is 2.25. The van der Waals surface area contributed by atoms with E-state index in [-0.39, 0.29) is 25.6 Å². The molecule has 0 saturated carbocycles. The molecule has 1 aromatic carbocycles. The Bertz CT molecular complexity index is 696. The van der Waals surface area contributed by atoms with Gasteiger partial charge in [0, 0.05) is 45.7 Å². The Morgan fingerprint density at radius 1 is 1.40 bits per heavy atom. The van der Waals surface area contributed by atoms with Gasteiger partial charge < -0.3 is 4.74 Å². The van der Waals surface area contributed by atoms with Gasteiger partial charge in [0.1, 0.15) is 0 Å². The normalized spacial score (nSPS) is 17.4. The molecule has 0 aromatic heterocycles. The van der Waals surface area contributed by atoms with Gasteiger partial charge in [0.2, 0.25) is 0 Å². The summed E-state index contributed by atoms with van der Waals surface area (Å²) >= 11 is 0. The molecule has 0 spiro atoms. The Labute approximate surface area is 150 Å². The highest BCUT2D eigenvalue weighted by molar-refractivity contribution is 7.87. The van der Waals surface area contributed by atoms with Crippen LogP contribution in [0.2, 0.25) is 0 Å². The monoisotopic (exact) mass is 366 g/mol. The average molecular weight is 366 g/mol. The van der Waals surface area contributed by atoms with Crippen molar-refractivity contribution in [2.75, 3.05) is 46.4 Å². The molecule has 1 fully saturated rings. The number of morpholine rings is 1. The molecule has 1 atom stereocenters. The second-order valence-electron chi connectivity index (χ2n) is 6.16. The summed E-state index contributed by atoms with van der Waals surface area (Å²) in [6.45, 7) is 5.32. The maximum atomic E-state index is 12.4. The molecule has 1 aromatic rings. The first kappa shape index (κ1) is 19.8. The lowest BCUT2D eigenvalue weighted by Crippen LogP contribution is -2.46. The zero-order valence-electron chi connectivity index (χ0n) is 14.8. The molecule has 1 unspecified atom stereocenters. The van der Waals surface area contributed by atoms with E-state index in [9.17, 15) is 8.42 Å². The van der Waals surface area contributed by atoms with Crippen molar-refractivity contribution in [1.29, 1.82) is 5.26 Å². The van der Waals surface area contributed by atoms with Crippen LogP contribution in [0.5, 0.6) is 0 Å². The summed E-state index contributed by atoms with van der Waals surface area (Å²) < 4.78 is 34.1. The van der Waals surface area contributed by atoms with E-state index in [1.165, 1.54) is 11.4 Å². The molecule has 2 rings (SSSR count).